The zero-order valence-electron chi connectivity index (χ0n) is 30.4. The Labute approximate surface area is 306 Å². The molecule has 1 saturated carbocycles. The van der Waals surface area contributed by atoms with Gasteiger partial charge in [0.2, 0.25) is 11.5 Å². The molecule has 0 spiro atoms. The largest absolute Gasteiger partial charge is 0.506 e. The number of phenols is 1. The molecule has 3 unspecified atom stereocenters. The van der Waals surface area contributed by atoms with Gasteiger partial charge in [0.1, 0.15) is 5.75 Å². The van der Waals surface area contributed by atoms with Crippen molar-refractivity contribution in [1.82, 2.24) is 20.1 Å². The number of nitrogens with zero attached hydrogens (tertiary/aromatic N) is 2. The van der Waals surface area contributed by atoms with Crippen LogP contribution in [0.3, 0.4) is 0 Å². The zero-order chi connectivity index (χ0) is 36.2. The summed E-state index contributed by atoms with van der Waals surface area (Å²) in [6.07, 6.45) is 10.3. The summed E-state index contributed by atoms with van der Waals surface area (Å²) in [5, 5.41) is 35.8. The number of aromatic nitrogens is 1. The Bertz CT molecular complexity index is 1780. The number of pyridine rings is 1. The van der Waals surface area contributed by atoms with E-state index in [1.807, 2.05) is 11.0 Å². The Morgan fingerprint density at radius 3 is 2.54 bits per heavy atom. The highest BCUT2D eigenvalue weighted by Crippen LogP contribution is 2.52. The van der Waals surface area contributed by atoms with Gasteiger partial charge < -0.3 is 35.4 Å². The van der Waals surface area contributed by atoms with E-state index in [0.717, 1.165) is 102 Å². The van der Waals surface area contributed by atoms with Crippen molar-refractivity contribution in [3.63, 3.8) is 0 Å². The van der Waals surface area contributed by atoms with Gasteiger partial charge in [-0.2, -0.15) is 0 Å². The number of carbonyl (C=O) groups is 2. The minimum Gasteiger partial charge on any atom is -0.506 e. The van der Waals surface area contributed by atoms with Crippen LogP contribution in [0.1, 0.15) is 93.4 Å². The molecule has 4 aliphatic heterocycles. The molecule has 2 bridgehead atoms. The van der Waals surface area contributed by atoms with Gasteiger partial charge in [-0.3, -0.25) is 14.4 Å². The third-order valence-corrected chi connectivity index (χ3v) is 13.2. The number of hydrogen-bond donors (Lipinski definition) is 5. The lowest BCUT2D eigenvalue weighted by atomic mass is 9.55. The fourth-order valence-electron chi connectivity index (χ4n) is 10.3. The normalized spacial score (nSPS) is 27.1. The number of amides is 1. The Morgan fingerprint density at radius 1 is 0.981 bits per heavy atom. The first-order valence-corrected chi connectivity index (χ1v) is 19.8. The summed E-state index contributed by atoms with van der Waals surface area (Å²) in [5.41, 5.74) is 1.96. The molecule has 3 aromatic rings. The first-order valence-electron chi connectivity index (χ1n) is 19.8. The number of piperidine rings is 4. The standard InChI is InChI=1S/C42H56N4O6/c47-36-12-10-32(33-11-13-38(49)44-40(33)36)37(48)26-43-20-14-28-15-23-46(24-16-28)39(50)9-4-6-29-5-3-7-31(25-29)42(41(51)52)19-2-1-8-35(42)34-27-45-21-17-30(34)18-22-45/h3,5,7,10-13,25,28,30,34-35,37,43,47-48H,1-2,4,6,8-9,14-24,26-27H2,(H,44,49)(H,51,52)/t34?,35?,37-,42?/m0/s1. The number of aromatic hydroxyl groups is 1. The van der Waals surface area contributed by atoms with Crippen LogP contribution in [-0.2, 0) is 21.4 Å². The van der Waals surface area contributed by atoms with E-state index in [9.17, 15) is 29.7 Å². The molecule has 2 aromatic carbocycles. The third-order valence-electron chi connectivity index (χ3n) is 13.2. The molecule has 4 atom stereocenters. The molecule has 1 aliphatic carbocycles. The third kappa shape index (κ3) is 7.66. The van der Waals surface area contributed by atoms with Crippen molar-refractivity contribution in [3.05, 3.63) is 75.6 Å². The first-order chi connectivity index (χ1) is 25.2. The Hall–Kier alpha value is -3.73. The van der Waals surface area contributed by atoms with Crippen molar-refractivity contribution in [1.29, 1.82) is 0 Å². The smallest absolute Gasteiger partial charge is 0.314 e. The number of aryl methyl sites for hydroxylation is 1. The number of H-pyrrole nitrogens is 1. The number of aromatic amines is 1. The maximum atomic E-state index is 13.3. The fraction of sp³-hybridized carbons (Fsp3) is 0.595. The number of phenolic OH excluding ortho intramolecular Hbond substituents is 1. The summed E-state index contributed by atoms with van der Waals surface area (Å²) >= 11 is 0. The first kappa shape index (κ1) is 36.6. The molecule has 52 heavy (non-hydrogen) atoms. The SMILES string of the molecule is O=C(CCCc1cccc(C2(C(=O)O)CCCCC2C2CN3CCC2CC3)c1)N1CCC(CCNC[C@H](O)c2ccc(O)c3[nH]c(=O)ccc23)CC1. The number of fused-ring (bicyclic) bond motifs is 4. The molecule has 10 nitrogen and oxygen atoms in total. The molecule has 1 amide bonds. The van der Waals surface area contributed by atoms with Crippen LogP contribution in [-0.4, -0.2) is 87.8 Å². The fourth-order valence-corrected chi connectivity index (χ4v) is 10.3. The van der Waals surface area contributed by atoms with Crippen LogP contribution in [0, 0.1) is 23.7 Å². The minimum absolute atomic E-state index is 0.0240. The molecule has 8 rings (SSSR count). The maximum absolute atomic E-state index is 13.3. The van der Waals surface area contributed by atoms with Crippen LogP contribution < -0.4 is 10.9 Å². The van der Waals surface area contributed by atoms with Gasteiger partial charge in [0.15, 0.2) is 0 Å². The highest BCUT2D eigenvalue weighted by Gasteiger charge is 2.54. The average molecular weight is 713 g/mol. The van der Waals surface area contributed by atoms with Gasteiger partial charge in [-0.25, -0.2) is 0 Å². The number of benzene rings is 2. The van der Waals surface area contributed by atoms with Crippen molar-refractivity contribution < 1.29 is 24.9 Å². The molecule has 4 saturated heterocycles. The van der Waals surface area contributed by atoms with Crippen molar-refractivity contribution in [2.45, 2.75) is 88.6 Å². The minimum atomic E-state index is -0.822. The van der Waals surface area contributed by atoms with Gasteiger partial charge in [-0.15, -0.1) is 0 Å². The summed E-state index contributed by atoms with van der Waals surface area (Å²) < 4.78 is 0. The number of carboxylic acid groups (broad SMARTS) is 1. The summed E-state index contributed by atoms with van der Waals surface area (Å²) in [4.78, 5) is 45.4. The second-order valence-corrected chi connectivity index (χ2v) is 16.1. The van der Waals surface area contributed by atoms with Gasteiger partial charge in [0.05, 0.1) is 17.0 Å². The van der Waals surface area contributed by atoms with Crippen LogP contribution in [0.4, 0.5) is 0 Å². The van der Waals surface area contributed by atoms with Crippen molar-refractivity contribution in [3.8, 4) is 5.75 Å². The summed E-state index contributed by atoms with van der Waals surface area (Å²) in [6, 6.07) is 14.6. The molecule has 0 radical (unpaired) electrons. The van der Waals surface area contributed by atoms with Gasteiger partial charge in [0.25, 0.3) is 0 Å². The zero-order valence-corrected chi connectivity index (χ0v) is 30.4. The van der Waals surface area contributed by atoms with Crippen LogP contribution in [0.15, 0.2) is 53.3 Å². The van der Waals surface area contributed by atoms with Gasteiger partial charge in [-0.05, 0) is 130 Å². The maximum Gasteiger partial charge on any atom is 0.314 e. The van der Waals surface area contributed by atoms with E-state index in [0.29, 0.717) is 53.6 Å². The molecular weight excluding hydrogens is 656 g/mol. The number of likely N-dealkylation sites (tertiary alicyclic amines) is 1. The quantitative estimate of drug-likeness (QED) is 0.149. The lowest BCUT2D eigenvalue weighted by Gasteiger charge is -2.53. The molecule has 5 fully saturated rings. The predicted molar refractivity (Wildman–Crippen MR) is 201 cm³/mol. The van der Waals surface area contributed by atoms with Crippen LogP contribution in [0.5, 0.6) is 5.75 Å². The summed E-state index contributed by atoms with van der Waals surface area (Å²) in [7, 11) is 0. The molecule has 280 valence electrons. The topological polar surface area (TPSA) is 146 Å². The molecule has 5 heterocycles. The second kappa shape index (κ2) is 16.1. The van der Waals surface area contributed by atoms with E-state index < -0.39 is 17.5 Å². The number of nitrogens with one attached hydrogen (secondary N) is 2. The van der Waals surface area contributed by atoms with E-state index >= 15 is 0 Å². The number of carbonyl (C=O) groups excluding carboxylic acids is 1. The lowest BCUT2D eigenvalue weighted by molar-refractivity contribution is -0.151. The number of carboxylic acids is 1. The summed E-state index contributed by atoms with van der Waals surface area (Å²) in [5.74, 6) is 1.33. The van der Waals surface area contributed by atoms with E-state index in [1.165, 1.54) is 25.0 Å². The van der Waals surface area contributed by atoms with Crippen molar-refractivity contribution in [2.75, 3.05) is 45.8 Å². The Kier molecular flexibility index (Phi) is 11.3. The number of aliphatic hydroxyl groups is 1. The number of aliphatic carboxylic acids is 1. The second-order valence-electron chi connectivity index (χ2n) is 16.1. The van der Waals surface area contributed by atoms with Crippen molar-refractivity contribution in [2.24, 2.45) is 23.7 Å². The molecular formula is C42H56N4O6. The van der Waals surface area contributed by atoms with E-state index in [1.54, 1.807) is 12.1 Å². The van der Waals surface area contributed by atoms with Crippen LogP contribution in [0.2, 0.25) is 0 Å². The molecule has 5 aliphatic rings. The van der Waals surface area contributed by atoms with E-state index in [4.69, 9.17) is 0 Å². The Morgan fingerprint density at radius 2 is 1.79 bits per heavy atom. The number of aliphatic hydroxyl groups excluding tert-OH is 1. The van der Waals surface area contributed by atoms with Crippen LogP contribution in [0.25, 0.3) is 10.9 Å². The lowest BCUT2D eigenvalue weighted by Crippen LogP contribution is -2.56. The molecule has 10 heteroatoms. The van der Waals surface area contributed by atoms with Crippen molar-refractivity contribution >= 4 is 22.8 Å². The van der Waals surface area contributed by atoms with Gasteiger partial charge in [-0.1, -0.05) is 43.2 Å². The summed E-state index contributed by atoms with van der Waals surface area (Å²) in [6.45, 7) is 6.02. The van der Waals surface area contributed by atoms with Crippen LogP contribution >= 0.6 is 0 Å². The van der Waals surface area contributed by atoms with Gasteiger partial charge >= 0.3 is 5.97 Å². The number of rotatable bonds is 13. The Balaban J connectivity index is 0.859. The molecule has 5 N–H and O–H groups in total. The average Bonchev–Trinajstić information content (AvgIpc) is 3.17. The van der Waals surface area contributed by atoms with E-state index in [-0.39, 0.29) is 23.1 Å². The van der Waals surface area contributed by atoms with E-state index in [2.05, 4.69) is 33.4 Å². The molecule has 1 aromatic heterocycles. The van der Waals surface area contributed by atoms with Gasteiger partial charge in [0, 0.05) is 44.1 Å². The number of hydrogen-bond acceptors (Lipinski definition) is 7. The monoisotopic (exact) mass is 712 g/mol. The highest BCUT2D eigenvalue weighted by atomic mass is 16.4. The highest BCUT2D eigenvalue weighted by molar-refractivity contribution is 5.87. The predicted octanol–water partition coefficient (Wildman–Crippen LogP) is 5.36.